The molecule has 2 unspecified atom stereocenters. The van der Waals surface area contributed by atoms with Gasteiger partial charge in [0.15, 0.2) is 6.04 Å². The van der Waals surface area contributed by atoms with Crippen molar-refractivity contribution in [2.75, 3.05) is 11.5 Å². The molecule has 5 nitrogen and oxygen atoms in total. The van der Waals surface area contributed by atoms with Gasteiger partial charge in [-0.3, -0.25) is 10.1 Å². The summed E-state index contributed by atoms with van der Waals surface area (Å²) in [6.07, 6.45) is 0. The lowest BCUT2D eigenvalue weighted by molar-refractivity contribution is -0.148. The van der Waals surface area contributed by atoms with Crippen molar-refractivity contribution in [2.45, 2.75) is 38.9 Å². The van der Waals surface area contributed by atoms with Crippen LogP contribution in [0.15, 0.2) is 42.5 Å². The van der Waals surface area contributed by atoms with Gasteiger partial charge in [-0.25, -0.2) is 9.18 Å². The van der Waals surface area contributed by atoms with Crippen molar-refractivity contribution in [3.05, 3.63) is 64.4 Å². The van der Waals surface area contributed by atoms with E-state index in [0.29, 0.717) is 21.8 Å². The highest BCUT2D eigenvalue weighted by Gasteiger charge is 2.41. The molecule has 0 bridgehead atoms. The van der Waals surface area contributed by atoms with Gasteiger partial charge in [0.2, 0.25) is 0 Å². The first-order valence-electron chi connectivity index (χ1n) is 9.14. The molecule has 1 amide bonds. The second-order valence-electron chi connectivity index (χ2n) is 6.81. The monoisotopic (exact) mass is 404 g/mol. The van der Waals surface area contributed by atoms with Gasteiger partial charge < -0.3 is 9.64 Å². The highest BCUT2D eigenvalue weighted by molar-refractivity contribution is 6.30. The van der Waals surface area contributed by atoms with E-state index in [1.165, 1.54) is 11.0 Å². The molecule has 7 heteroatoms. The van der Waals surface area contributed by atoms with E-state index in [2.05, 4.69) is 5.32 Å². The highest BCUT2D eigenvalue weighted by atomic mass is 35.5. The van der Waals surface area contributed by atoms with E-state index >= 15 is 0 Å². The van der Waals surface area contributed by atoms with Gasteiger partial charge in [0.05, 0.1) is 12.6 Å². The number of nitrogens with one attached hydrogen (secondary N) is 1. The Labute approximate surface area is 168 Å². The Morgan fingerprint density at radius 3 is 2.61 bits per heavy atom. The highest BCUT2D eigenvalue weighted by Crippen LogP contribution is 2.38. The zero-order valence-electron chi connectivity index (χ0n) is 15.9. The fourth-order valence-electron chi connectivity index (χ4n) is 3.46. The molecular formula is C21H22ClFN2O3. The van der Waals surface area contributed by atoms with Crippen molar-refractivity contribution in [2.24, 2.45) is 0 Å². The Morgan fingerprint density at radius 2 is 1.96 bits per heavy atom. The molecule has 0 saturated carbocycles. The van der Waals surface area contributed by atoms with Crippen LogP contribution in [-0.4, -0.2) is 30.6 Å². The van der Waals surface area contributed by atoms with E-state index in [-0.39, 0.29) is 12.6 Å². The van der Waals surface area contributed by atoms with Gasteiger partial charge in [-0.2, -0.15) is 0 Å². The molecule has 148 valence electrons. The van der Waals surface area contributed by atoms with Crippen molar-refractivity contribution in [3.8, 4) is 0 Å². The van der Waals surface area contributed by atoms with Gasteiger partial charge in [-0.05, 0) is 50.6 Å². The molecule has 0 aliphatic carbocycles. The second-order valence-corrected chi connectivity index (χ2v) is 7.25. The quantitative estimate of drug-likeness (QED) is 0.621. The zero-order chi connectivity index (χ0) is 20.4. The predicted molar refractivity (Wildman–Crippen MR) is 106 cm³/mol. The molecule has 3 rings (SSSR count). The summed E-state index contributed by atoms with van der Waals surface area (Å²) in [5.41, 5.74) is 1.52. The van der Waals surface area contributed by atoms with Gasteiger partial charge in [-0.15, -0.1) is 0 Å². The van der Waals surface area contributed by atoms with Gasteiger partial charge in [-0.1, -0.05) is 29.8 Å². The Hall–Kier alpha value is -2.44. The fourth-order valence-corrected chi connectivity index (χ4v) is 3.64. The van der Waals surface area contributed by atoms with E-state index in [4.69, 9.17) is 16.3 Å². The first kappa shape index (κ1) is 20.3. The minimum absolute atomic E-state index is 0.134. The third-order valence-electron chi connectivity index (χ3n) is 4.63. The van der Waals surface area contributed by atoms with Crippen LogP contribution < -0.4 is 10.2 Å². The standard InChI is InChI=1S/C21H22ClFN2O3/c1-4-28-21(27)19-20(26)25(12(2)3)17-10-9-13(22)11-15(17)18(24-19)14-7-5-6-8-16(14)23/h5-12,18-19,24H,4H2,1-3H3. The van der Waals surface area contributed by atoms with E-state index in [0.717, 1.165) is 0 Å². The van der Waals surface area contributed by atoms with Crippen molar-refractivity contribution in [1.29, 1.82) is 0 Å². The number of amides is 1. The minimum atomic E-state index is -1.27. The van der Waals surface area contributed by atoms with Crippen LogP contribution >= 0.6 is 11.6 Å². The van der Waals surface area contributed by atoms with E-state index < -0.39 is 29.8 Å². The van der Waals surface area contributed by atoms with E-state index in [1.807, 2.05) is 13.8 Å². The number of rotatable bonds is 4. The third kappa shape index (κ3) is 3.75. The predicted octanol–water partition coefficient (Wildman–Crippen LogP) is 3.84. The normalized spacial score (nSPS) is 19.4. The maximum Gasteiger partial charge on any atom is 0.333 e. The third-order valence-corrected chi connectivity index (χ3v) is 4.87. The zero-order valence-corrected chi connectivity index (χ0v) is 16.7. The number of carbonyl (C=O) groups is 2. The van der Waals surface area contributed by atoms with Crippen LogP contribution in [-0.2, 0) is 14.3 Å². The molecule has 1 aliphatic rings. The molecule has 1 aliphatic heterocycles. The number of fused-ring (bicyclic) bond motifs is 1. The molecule has 0 radical (unpaired) electrons. The number of nitrogens with zero attached hydrogens (tertiary/aromatic N) is 1. The SMILES string of the molecule is CCOC(=O)C1NC(c2ccccc2F)c2cc(Cl)ccc2N(C(C)C)C1=O. The van der Waals surface area contributed by atoms with Gasteiger partial charge in [0, 0.05) is 22.3 Å². The van der Waals surface area contributed by atoms with Crippen LogP contribution in [0.1, 0.15) is 37.9 Å². The lowest BCUT2D eigenvalue weighted by Gasteiger charge is -2.28. The van der Waals surface area contributed by atoms with Crippen LogP contribution in [0.2, 0.25) is 5.02 Å². The molecule has 1 heterocycles. The summed E-state index contributed by atoms with van der Waals surface area (Å²) in [6, 6.07) is 9.09. The fraction of sp³-hybridized carbons (Fsp3) is 0.333. The lowest BCUT2D eigenvalue weighted by Crippen LogP contribution is -2.52. The number of halogens is 2. The van der Waals surface area contributed by atoms with Crippen molar-refractivity contribution < 1.29 is 18.7 Å². The van der Waals surface area contributed by atoms with Crippen LogP contribution in [0.25, 0.3) is 0 Å². The molecule has 1 N–H and O–H groups in total. The average Bonchev–Trinajstić information content (AvgIpc) is 2.76. The summed E-state index contributed by atoms with van der Waals surface area (Å²) < 4.78 is 19.7. The summed E-state index contributed by atoms with van der Waals surface area (Å²) in [5, 5.41) is 3.46. The topological polar surface area (TPSA) is 58.6 Å². The number of benzene rings is 2. The van der Waals surface area contributed by atoms with E-state index in [1.54, 1.807) is 43.3 Å². The molecule has 2 atom stereocenters. The number of carbonyl (C=O) groups excluding carboxylic acids is 2. The Morgan fingerprint density at radius 1 is 1.25 bits per heavy atom. The smallest absolute Gasteiger partial charge is 0.333 e. The van der Waals surface area contributed by atoms with Crippen molar-refractivity contribution >= 4 is 29.2 Å². The molecular weight excluding hydrogens is 383 g/mol. The average molecular weight is 405 g/mol. The Kier molecular flexibility index (Phi) is 6.01. The van der Waals surface area contributed by atoms with Crippen LogP contribution in [0.4, 0.5) is 10.1 Å². The molecule has 0 saturated heterocycles. The maximum atomic E-state index is 14.6. The van der Waals surface area contributed by atoms with Crippen LogP contribution in [0.3, 0.4) is 0 Å². The largest absolute Gasteiger partial charge is 0.464 e. The number of anilines is 1. The van der Waals surface area contributed by atoms with Crippen molar-refractivity contribution in [1.82, 2.24) is 5.32 Å². The molecule has 2 aromatic carbocycles. The van der Waals surface area contributed by atoms with E-state index in [9.17, 15) is 14.0 Å². The summed E-state index contributed by atoms with van der Waals surface area (Å²) in [6.45, 7) is 5.50. The number of esters is 1. The summed E-state index contributed by atoms with van der Waals surface area (Å²) in [4.78, 5) is 27.3. The number of ether oxygens (including phenoxy) is 1. The molecule has 0 aromatic heterocycles. The number of hydrogen-bond acceptors (Lipinski definition) is 4. The summed E-state index contributed by atoms with van der Waals surface area (Å²) >= 11 is 6.22. The van der Waals surface area contributed by atoms with Crippen LogP contribution in [0, 0.1) is 5.82 Å². The molecule has 2 aromatic rings. The second kappa shape index (κ2) is 8.29. The Bertz CT molecular complexity index is 903. The van der Waals surface area contributed by atoms with Gasteiger partial charge in [0.1, 0.15) is 5.82 Å². The molecule has 28 heavy (non-hydrogen) atoms. The lowest BCUT2D eigenvalue weighted by atomic mass is 9.96. The number of hydrogen-bond donors (Lipinski definition) is 1. The first-order chi connectivity index (χ1) is 13.3. The molecule has 0 fully saturated rings. The first-order valence-corrected chi connectivity index (χ1v) is 9.52. The van der Waals surface area contributed by atoms with Crippen molar-refractivity contribution in [3.63, 3.8) is 0 Å². The summed E-state index contributed by atoms with van der Waals surface area (Å²) in [7, 11) is 0. The van der Waals surface area contributed by atoms with Crippen LogP contribution in [0.5, 0.6) is 0 Å². The van der Waals surface area contributed by atoms with Gasteiger partial charge >= 0.3 is 5.97 Å². The molecule has 0 spiro atoms. The van der Waals surface area contributed by atoms with Gasteiger partial charge in [0.25, 0.3) is 5.91 Å². The summed E-state index contributed by atoms with van der Waals surface area (Å²) in [5.74, 6) is -1.59. The minimum Gasteiger partial charge on any atom is -0.464 e. The maximum absolute atomic E-state index is 14.6. The Balaban J connectivity index is 2.24.